The quantitative estimate of drug-likeness (QED) is 0.706. The number of methoxy groups -OCH3 is 1. The molecule has 1 heterocycles. The molecule has 1 aromatic carbocycles. The number of aryl methyl sites for hydroxylation is 2. The molecule has 1 aromatic rings. The second-order valence-electron chi connectivity index (χ2n) is 4.23. The maximum atomic E-state index is 5.40. The molecule has 0 spiro atoms. The molecule has 0 N–H and O–H groups in total. The van der Waals surface area contributed by atoms with Gasteiger partial charge in [-0.15, -0.1) is 0 Å². The van der Waals surface area contributed by atoms with Gasteiger partial charge in [0.25, 0.3) is 0 Å². The number of hydrogen-bond acceptors (Lipinski definition) is 2. The SMILES string of the molecule is COc1ccc(C)cc1CCC1OC1C. The lowest BCUT2D eigenvalue weighted by atomic mass is 10.0. The Morgan fingerprint density at radius 1 is 1.40 bits per heavy atom. The summed E-state index contributed by atoms with van der Waals surface area (Å²) < 4.78 is 10.7. The number of benzene rings is 1. The fourth-order valence-electron chi connectivity index (χ4n) is 1.93. The van der Waals surface area contributed by atoms with Crippen molar-refractivity contribution < 1.29 is 9.47 Å². The van der Waals surface area contributed by atoms with Gasteiger partial charge in [-0.05, 0) is 38.3 Å². The van der Waals surface area contributed by atoms with E-state index in [4.69, 9.17) is 9.47 Å². The van der Waals surface area contributed by atoms with Gasteiger partial charge in [0.05, 0.1) is 19.3 Å². The second-order valence-corrected chi connectivity index (χ2v) is 4.23. The van der Waals surface area contributed by atoms with Crippen LogP contribution in [0.1, 0.15) is 24.5 Å². The molecule has 1 saturated heterocycles. The standard InChI is InChI=1S/C13H18O2/c1-9-4-6-13(14-3)11(8-9)5-7-12-10(2)15-12/h4,6,8,10,12H,5,7H2,1-3H3. The van der Waals surface area contributed by atoms with Crippen LogP contribution in [-0.2, 0) is 11.2 Å². The van der Waals surface area contributed by atoms with E-state index in [9.17, 15) is 0 Å². The first-order valence-electron chi connectivity index (χ1n) is 5.49. The van der Waals surface area contributed by atoms with Crippen molar-refractivity contribution in [2.45, 2.75) is 38.9 Å². The summed E-state index contributed by atoms with van der Waals surface area (Å²) in [7, 11) is 1.73. The largest absolute Gasteiger partial charge is 0.496 e. The third kappa shape index (κ3) is 2.51. The molecule has 2 nitrogen and oxygen atoms in total. The summed E-state index contributed by atoms with van der Waals surface area (Å²) in [6.45, 7) is 4.23. The summed E-state index contributed by atoms with van der Waals surface area (Å²) in [5, 5.41) is 0. The predicted octanol–water partition coefficient (Wildman–Crippen LogP) is 2.72. The van der Waals surface area contributed by atoms with Crippen LogP contribution in [0.2, 0.25) is 0 Å². The van der Waals surface area contributed by atoms with Gasteiger partial charge in [-0.3, -0.25) is 0 Å². The van der Waals surface area contributed by atoms with E-state index in [1.54, 1.807) is 7.11 Å². The minimum Gasteiger partial charge on any atom is -0.496 e. The van der Waals surface area contributed by atoms with Gasteiger partial charge in [-0.1, -0.05) is 17.7 Å². The van der Waals surface area contributed by atoms with E-state index in [0.29, 0.717) is 12.2 Å². The highest BCUT2D eigenvalue weighted by atomic mass is 16.6. The topological polar surface area (TPSA) is 21.8 Å². The van der Waals surface area contributed by atoms with E-state index in [1.165, 1.54) is 11.1 Å². The first-order chi connectivity index (χ1) is 7.20. The Balaban J connectivity index is 2.01. The zero-order valence-corrected chi connectivity index (χ0v) is 9.62. The molecule has 0 radical (unpaired) electrons. The van der Waals surface area contributed by atoms with Crippen molar-refractivity contribution in [1.82, 2.24) is 0 Å². The van der Waals surface area contributed by atoms with Crippen molar-refractivity contribution in [2.75, 3.05) is 7.11 Å². The Morgan fingerprint density at radius 2 is 2.13 bits per heavy atom. The smallest absolute Gasteiger partial charge is 0.122 e. The molecule has 0 aliphatic carbocycles. The fourth-order valence-corrected chi connectivity index (χ4v) is 1.93. The molecule has 0 saturated carbocycles. The summed E-state index contributed by atoms with van der Waals surface area (Å²) in [4.78, 5) is 0. The average molecular weight is 206 g/mol. The average Bonchev–Trinajstić information content (AvgIpc) is 2.92. The summed E-state index contributed by atoms with van der Waals surface area (Å²) in [6.07, 6.45) is 3.07. The van der Waals surface area contributed by atoms with Gasteiger partial charge in [-0.25, -0.2) is 0 Å². The molecule has 0 aromatic heterocycles. The van der Waals surface area contributed by atoms with Crippen molar-refractivity contribution in [3.63, 3.8) is 0 Å². The molecule has 2 rings (SSSR count). The number of ether oxygens (including phenoxy) is 2. The summed E-state index contributed by atoms with van der Waals surface area (Å²) in [6, 6.07) is 6.33. The molecule has 1 aliphatic rings. The highest BCUT2D eigenvalue weighted by molar-refractivity contribution is 5.37. The normalized spacial score (nSPS) is 23.9. The van der Waals surface area contributed by atoms with Gasteiger partial charge in [0.15, 0.2) is 0 Å². The molecule has 2 atom stereocenters. The molecule has 82 valence electrons. The fraction of sp³-hybridized carbons (Fsp3) is 0.538. The first-order valence-corrected chi connectivity index (χ1v) is 5.49. The number of rotatable bonds is 4. The van der Waals surface area contributed by atoms with Crippen LogP contribution >= 0.6 is 0 Å². The Morgan fingerprint density at radius 3 is 2.73 bits per heavy atom. The minimum atomic E-state index is 0.459. The third-order valence-electron chi connectivity index (χ3n) is 2.97. The van der Waals surface area contributed by atoms with Crippen LogP contribution in [-0.4, -0.2) is 19.3 Å². The van der Waals surface area contributed by atoms with Crippen LogP contribution in [0, 0.1) is 6.92 Å². The molecular weight excluding hydrogens is 188 g/mol. The third-order valence-corrected chi connectivity index (χ3v) is 2.97. The molecule has 0 amide bonds. The Bertz CT molecular complexity index is 346. The molecule has 0 bridgehead atoms. The van der Waals surface area contributed by atoms with Crippen LogP contribution in [0.3, 0.4) is 0 Å². The molecule has 15 heavy (non-hydrogen) atoms. The molecule has 1 aliphatic heterocycles. The number of hydrogen-bond donors (Lipinski definition) is 0. The Hall–Kier alpha value is -1.02. The predicted molar refractivity (Wildman–Crippen MR) is 60.4 cm³/mol. The summed E-state index contributed by atoms with van der Waals surface area (Å²) in [5.74, 6) is 0.994. The van der Waals surface area contributed by atoms with Gasteiger partial charge in [-0.2, -0.15) is 0 Å². The van der Waals surface area contributed by atoms with Crippen molar-refractivity contribution in [2.24, 2.45) is 0 Å². The van der Waals surface area contributed by atoms with Crippen LogP contribution in [0.4, 0.5) is 0 Å². The monoisotopic (exact) mass is 206 g/mol. The van der Waals surface area contributed by atoms with Gasteiger partial charge >= 0.3 is 0 Å². The van der Waals surface area contributed by atoms with E-state index >= 15 is 0 Å². The molecular formula is C13H18O2. The maximum absolute atomic E-state index is 5.40. The Labute approximate surface area is 91.2 Å². The van der Waals surface area contributed by atoms with Crippen LogP contribution in [0.5, 0.6) is 5.75 Å². The number of epoxide rings is 1. The van der Waals surface area contributed by atoms with Gasteiger partial charge in [0, 0.05) is 0 Å². The molecule has 2 unspecified atom stereocenters. The molecule has 1 fully saturated rings. The zero-order valence-electron chi connectivity index (χ0n) is 9.62. The van der Waals surface area contributed by atoms with E-state index < -0.39 is 0 Å². The summed E-state index contributed by atoms with van der Waals surface area (Å²) >= 11 is 0. The Kier molecular flexibility index (Phi) is 2.96. The minimum absolute atomic E-state index is 0.459. The zero-order chi connectivity index (χ0) is 10.8. The van der Waals surface area contributed by atoms with E-state index in [-0.39, 0.29) is 0 Å². The van der Waals surface area contributed by atoms with Gasteiger partial charge in [0.1, 0.15) is 5.75 Å². The van der Waals surface area contributed by atoms with Crippen LogP contribution < -0.4 is 4.74 Å². The lowest BCUT2D eigenvalue weighted by Gasteiger charge is -2.08. The van der Waals surface area contributed by atoms with Gasteiger partial charge in [0.2, 0.25) is 0 Å². The van der Waals surface area contributed by atoms with E-state index in [1.807, 2.05) is 6.07 Å². The lowest BCUT2D eigenvalue weighted by Crippen LogP contribution is -1.97. The van der Waals surface area contributed by atoms with Crippen LogP contribution in [0.15, 0.2) is 18.2 Å². The van der Waals surface area contributed by atoms with Crippen molar-refractivity contribution in [3.05, 3.63) is 29.3 Å². The highest BCUT2D eigenvalue weighted by Gasteiger charge is 2.33. The summed E-state index contributed by atoms with van der Waals surface area (Å²) in [5.41, 5.74) is 2.58. The van der Waals surface area contributed by atoms with Crippen molar-refractivity contribution >= 4 is 0 Å². The first kappa shape index (κ1) is 10.5. The molecule has 2 heteroatoms. The highest BCUT2D eigenvalue weighted by Crippen LogP contribution is 2.28. The van der Waals surface area contributed by atoms with E-state index in [2.05, 4.69) is 26.0 Å². The van der Waals surface area contributed by atoms with E-state index in [0.717, 1.165) is 18.6 Å². The lowest BCUT2D eigenvalue weighted by molar-refractivity contribution is 0.368. The van der Waals surface area contributed by atoms with Crippen molar-refractivity contribution in [3.8, 4) is 5.75 Å². The van der Waals surface area contributed by atoms with Crippen LogP contribution in [0.25, 0.3) is 0 Å². The second kappa shape index (κ2) is 4.23. The van der Waals surface area contributed by atoms with Gasteiger partial charge < -0.3 is 9.47 Å². The maximum Gasteiger partial charge on any atom is 0.122 e. The van der Waals surface area contributed by atoms with Crippen molar-refractivity contribution in [1.29, 1.82) is 0 Å².